The van der Waals surface area contributed by atoms with Gasteiger partial charge in [0.15, 0.2) is 0 Å². The third-order valence-corrected chi connectivity index (χ3v) is 4.44. The van der Waals surface area contributed by atoms with Crippen molar-refractivity contribution in [3.8, 4) is 5.75 Å². The molecule has 0 amide bonds. The van der Waals surface area contributed by atoms with Crippen molar-refractivity contribution >= 4 is 0 Å². The van der Waals surface area contributed by atoms with Crippen LogP contribution in [0.5, 0.6) is 5.75 Å². The minimum Gasteiger partial charge on any atom is -0.493 e. The summed E-state index contributed by atoms with van der Waals surface area (Å²) in [5.41, 5.74) is 7.90. The number of fused-ring (bicyclic) bond motifs is 1. The fourth-order valence-electron chi connectivity index (χ4n) is 3.35. The first-order valence-corrected chi connectivity index (χ1v) is 7.35. The zero-order chi connectivity index (χ0) is 13.1. The van der Waals surface area contributed by atoms with Gasteiger partial charge < -0.3 is 15.2 Å². The molecule has 2 atom stereocenters. The van der Waals surface area contributed by atoms with Crippen molar-refractivity contribution in [3.05, 3.63) is 29.8 Å². The summed E-state index contributed by atoms with van der Waals surface area (Å²) in [6.07, 6.45) is 5.27. The number of para-hydroxylation sites is 1. The number of hydrogen-bond acceptors (Lipinski definition) is 3. The van der Waals surface area contributed by atoms with Crippen molar-refractivity contribution in [2.45, 2.75) is 43.6 Å². The maximum Gasteiger partial charge on any atom is 0.122 e. The lowest BCUT2D eigenvalue weighted by molar-refractivity contribution is 0.137. The standard InChI is InChI=1S/C16H23NO2/c17-16(7-3-9-18-11-8-16)12-13-6-10-19-15-5-2-1-4-14(13)15/h1-2,4-5,13H,3,6-12,17H2. The lowest BCUT2D eigenvalue weighted by Gasteiger charge is -2.34. The van der Waals surface area contributed by atoms with E-state index in [9.17, 15) is 0 Å². The van der Waals surface area contributed by atoms with E-state index in [1.165, 1.54) is 5.56 Å². The Morgan fingerprint density at radius 2 is 2.05 bits per heavy atom. The maximum absolute atomic E-state index is 6.63. The largest absolute Gasteiger partial charge is 0.493 e. The van der Waals surface area contributed by atoms with Crippen LogP contribution in [0.4, 0.5) is 0 Å². The van der Waals surface area contributed by atoms with Crippen LogP contribution in [0, 0.1) is 0 Å². The average Bonchev–Trinajstić information content (AvgIpc) is 2.64. The van der Waals surface area contributed by atoms with Crippen LogP contribution >= 0.6 is 0 Å². The number of nitrogens with two attached hydrogens (primary N) is 1. The molecule has 2 heterocycles. The molecule has 1 saturated heterocycles. The monoisotopic (exact) mass is 261 g/mol. The van der Waals surface area contributed by atoms with Gasteiger partial charge in [0, 0.05) is 18.8 Å². The van der Waals surface area contributed by atoms with Gasteiger partial charge in [0.05, 0.1) is 6.61 Å². The highest BCUT2D eigenvalue weighted by Crippen LogP contribution is 2.39. The Bertz CT molecular complexity index is 425. The van der Waals surface area contributed by atoms with Gasteiger partial charge in [-0.15, -0.1) is 0 Å². The molecule has 0 radical (unpaired) electrons. The van der Waals surface area contributed by atoms with Crippen LogP contribution in [-0.4, -0.2) is 25.4 Å². The van der Waals surface area contributed by atoms with Crippen molar-refractivity contribution in [2.24, 2.45) is 5.73 Å². The summed E-state index contributed by atoms with van der Waals surface area (Å²) in [5.74, 6) is 1.58. The van der Waals surface area contributed by atoms with E-state index in [1.54, 1.807) is 0 Å². The Labute approximate surface area is 115 Å². The van der Waals surface area contributed by atoms with Crippen LogP contribution in [0.3, 0.4) is 0 Å². The minimum atomic E-state index is -0.0639. The van der Waals surface area contributed by atoms with E-state index in [4.69, 9.17) is 15.2 Å². The molecule has 1 fully saturated rings. The SMILES string of the molecule is NC1(CC2CCOc3ccccc32)CCCOCC1. The summed E-state index contributed by atoms with van der Waals surface area (Å²) in [7, 11) is 0. The second-order valence-electron chi connectivity index (χ2n) is 5.90. The van der Waals surface area contributed by atoms with Crippen LogP contribution < -0.4 is 10.5 Å². The minimum absolute atomic E-state index is 0.0639. The molecule has 3 heteroatoms. The summed E-state index contributed by atoms with van der Waals surface area (Å²) >= 11 is 0. The smallest absolute Gasteiger partial charge is 0.122 e. The molecule has 0 spiro atoms. The molecule has 0 saturated carbocycles. The van der Waals surface area contributed by atoms with Crippen LogP contribution in [0.1, 0.15) is 43.6 Å². The highest BCUT2D eigenvalue weighted by Gasteiger charge is 2.32. The molecule has 3 nitrogen and oxygen atoms in total. The molecule has 2 aliphatic rings. The predicted molar refractivity (Wildman–Crippen MR) is 75.5 cm³/mol. The normalized spacial score (nSPS) is 31.1. The van der Waals surface area contributed by atoms with Gasteiger partial charge in [0.1, 0.15) is 5.75 Å². The summed E-state index contributed by atoms with van der Waals surface area (Å²) < 4.78 is 11.3. The van der Waals surface area contributed by atoms with E-state index in [-0.39, 0.29) is 5.54 Å². The van der Waals surface area contributed by atoms with Crippen molar-refractivity contribution in [2.75, 3.05) is 19.8 Å². The third kappa shape index (κ3) is 2.93. The topological polar surface area (TPSA) is 44.5 Å². The molecule has 3 rings (SSSR count). The first-order valence-electron chi connectivity index (χ1n) is 7.35. The molecule has 19 heavy (non-hydrogen) atoms. The molecule has 0 aliphatic carbocycles. The first kappa shape index (κ1) is 12.9. The Morgan fingerprint density at radius 1 is 1.16 bits per heavy atom. The predicted octanol–water partition coefficient (Wildman–Crippen LogP) is 2.84. The van der Waals surface area contributed by atoms with Gasteiger partial charge >= 0.3 is 0 Å². The Kier molecular flexibility index (Phi) is 3.76. The van der Waals surface area contributed by atoms with E-state index in [0.29, 0.717) is 5.92 Å². The highest BCUT2D eigenvalue weighted by atomic mass is 16.5. The quantitative estimate of drug-likeness (QED) is 0.890. The first-order chi connectivity index (χ1) is 9.27. The molecular weight excluding hydrogens is 238 g/mol. The molecular formula is C16H23NO2. The zero-order valence-electron chi connectivity index (χ0n) is 11.4. The average molecular weight is 261 g/mol. The second kappa shape index (κ2) is 5.51. The highest BCUT2D eigenvalue weighted by molar-refractivity contribution is 5.38. The van der Waals surface area contributed by atoms with E-state index in [0.717, 1.165) is 57.7 Å². The van der Waals surface area contributed by atoms with Crippen molar-refractivity contribution in [3.63, 3.8) is 0 Å². The number of benzene rings is 1. The van der Waals surface area contributed by atoms with E-state index in [2.05, 4.69) is 18.2 Å². The summed E-state index contributed by atoms with van der Waals surface area (Å²) in [5, 5.41) is 0. The summed E-state index contributed by atoms with van der Waals surface area (Å²) in [6, 6.07) is 8.40. The van der Waals surface area contributed by atoms with Crippen molar-refractivity contribution in [1.29, 1.82) is 0 Å². The van der Waals surface area contributed by atoms with Crippen LogP contribution in [0.15, 0.2) is 24.3 Å². The van der Waals surface area contributed by atoms with Crippen LogP contribution in [0.25, 0.3) is 0 Å². The second-order valence-corrected chi connectivity index (χ2v) is 5.90. The lowest BCUT2D eigenvalue weighted by Crippen LogP contribution is -2.42. The molecule has 104 valence electrons. The Morgan fingerprint density at radius 3 is 3.00 bits per heavy atom. The van der Waals surface area contributed by atoms with Gasteiger partial charge in [-0.3, -0.25) is 0 Å². The van der Waals surface area contributed by atoms with Gasteiger partial charge in [-0.25, -0.2) is 0 Å². The van der Waals surface area contributed by atoms with E-state index in [1.807, 2.05) is 6.07 Å². The van der Waals surface area contributed by atoms with E-state index >= 15 is 0 Å². The number of rotatable bonds is 2. The fraction of sp³-hybridized carbons (Fsp3) is 0.625. The van der Waals surface area contributed by atoms with E-state index < -0.39 is 0 Å². The molecule has 0 aromatic heterocycles. The van der Waals surface area contributed by atoms with Gasteiger partial charge in [0.25, 0.3) is 0 Å². The molecule has 2 unspecified atom stereocenters. The molecule has 2 aliphatic heterocycles. The number of ether oxygens (including phenoxy) is 2. The Hall–Kier alpha value is -1.06. The van der Waals surface area contributed by atoms with Crippen LogP contribution in [-0.2, 0) is 4.74 Å². The lowest BCUT2D eigenvalue weighted by atomic mass is 9.78. The van der Waals surface area contributed by atoms with Crippen LogP contribution in [0.2, 0.25) is 0 Å². The molecule has 0 bridgehead atoms. The molecule has 2 N–H and O–H groups in total. The molecule has 1 aromatic carbocycles. The molecule has 1 aromatic rings. The van der Waals surface area contributed by atoms with Gasteiger partial charge in [0.2, 0.25) is 0 Å². The summed E-state index contributed by atoms with van der Waals surface area (Å²) in [4.78, 5) is 0. The van der Waals surface area contributed by atoms with Gasteiger partial charge in [-0.1, -0.05) is 18.2 Å². The fourth-order valence-corrected chi connectivity index (χ4v) is 3.35. The van der Waals surface area contributed by atoms with Gasteiger partial charge in [-0.05, 0) is 49.7 Å². The summed E-state index contributed by atoms with van der Waals surface area (Å²) in [6.45, 7) is 2.49. The van der Waals surface area contributed by atoms with Crippen molar-refractivity contribution in [1.82, 2.24) is 0 Å². The van der Waals surface area contributed by atoms with Crippen molar-refractivity contribution < 1.29 is 9.47 Å². The maximum atomic E-state index is 6.63. The van der Waals surface area contributed by atoms with Gasteiger partial charge in [-0.2, -0.15) is 0 Å². The Balaban J connectivity index is 1.76. The zero-order valence-corrected chi connectivity index (χ0v) is 11.4. The number of hydrogen-bond donors (Lipinski definition) is 1. The third-order valence-electron chi connectivity index (χ3n) is 4.44.